The minimum Gasteiger partial charge on any atom is -0.307 e. The number of aromatic nitrogens is 1. The minimum absolute atomic E-state index is 0.0116. The van der Waals surface area contributed by atoms with Crippen LogP contribution in [0.15, 0.2) is 79.1 Å². The third-order valence-corrected chi connectivity index (χ3v) is 3.48. The van der Waals surface area contributed by atoms with Crippen molar-refractivity contribution in [2.75, 3.05) is 5.32 Å². The summed E-state index contributed by atoms with van der Waals surface area (Å²) in [5, 5.41) is 2.77. The van der Waals surface area contributed by atoms with E-state index in [1.165, 1.54) is 4.57 Å². The molecule has 0 aliphatic heterocycles. The van der Waals surface area contributed by atoms with E-state index < -0.39 is 0 Å². The lowest BCUT2D eigenvalue weighted by molar-refractivity contribution is 0.0993. The minimum atomic E-state index is -0.296. The summed E-state index contributed by atoms with van der Waals surface area (Å²) in [4.78, 5) is 24.4. The van der Waals surface area contributed by atoms with Crippen LogP contribution in [0.5, 0.6) is 0 Å². The first-order valence-corrected chi connectivity index (χ1v) is 7.34. The predicted octanol–water partition coefficient (Wildman–Crippen LogP) is 3.99. The van der Waals surface area contributed by atoms with E-state index in [9.17, 15) is 9.59 Å². The summed E-state index contributed by atoms with van der Waals surface area (Å²) in [6.07, 6.45) is 3.48. The molecule has 4 nitrogen and oxygen atoms in total. The van der Waals surface area contributed by atoms with Crippen LogP contribution in [0.4, 0.5) is 10.5 Å². The van der Waals surface area contributed by atoms with E-state index in [-0.39, 0.29) is 11.8 Å². The standard InChI is InChI=1S/C19H16N2O2/c22-18(13-15-7-3-1-4-8-15)16-11-12-21(14-16)19(23)20-17-9-5-2-6-10-17/h1-12,14H,13H2,(H,20,23). The Morgan fingerprint density at radius 1 is 0.870 bits per heavy atom. The summed E-state index contributed by atoms with van der Waals surface area (Å²) < 4.78 is 1.38. The van der Waals surface area contributed by atoms with E-state index in [4.69, 9.17) is 0 Å². The molecule has 1 aromatic heterocycles. The zero-order valence-corrected chi connectivity index (χ0v) is 12.5. The third kappa shape index (κ3) is 3.74. The molecule has 1 amide bonds. The van der Waals surface area contributed by atoms with Crippen LogP contribution in [0.25, 0.3) is 0 Å². The highest BCUT2D eigenvalue weighted by Gasteiger charge is 2.11. The van der Waals surface area contributed by atoms with Crippen LogP contribution in [-0.2, 0) is 6.42 Å². The molecular weight excluding hydrogens is 288 g/mol. The fourth-order valence-electron chi connectivity index (χ4n) is 2.28. The van der Waals surface area contributed by atoms with E-state index >= 15 is 0 Å². The highest BCUT2D eigenvalue weighted by Crippen LogP contribution is 2.10. The van der Waals surface area contributed by atoms with Gasteiger partial charge in [0, 0.05) is 30.1 Å². The van der Waals surface area contributed by atoms with Crippen LogP contribution in [0.1, 0.15) is 15.9 Å². The number of Topliss-reactive ketones (excluding diaryl/α,β-unsaturated/α-hetero) is 1. The molecule has 0 bridgehead atoms. The molecule has 0 saturated heterocycles. The van der Waals surface area contributed by atoms with Crippen LogP contribution >= 0.6 is 0 Å². The normalized spacial score (nSPS) is 10.3. The molecule has 0 aliphatic carbocycles. The van der Waals surface area contributed by atoms with E-state index in [0.29, 0.717) is 17.7 Å². The Kier molecular flexibility index (Phi) is 4.34. The lowest BCUT2D eigenvalue weighted by atomic mass is 10.1. The van der Waals surface area contributed by atoms with Crippen molar-refractivity contribution >= 4 is 17.5 Å². The Morgan fingerprint density at radius 2 is 1.52 bits per heavy atom. The van der Waals surface area contributed by atoms with Gasteiger partial charge in [-0.3, -0.25) is 9.36 Å². The van der Waals surface area contributed by atoms with Gasteiger partial charge >= 0.3 is 6.03 Å². The van der Waals surface area contributed by atoms with Crippen LogP contribution in [0, 0.1) is 0 Å². The van der Waals surface area contributed by atoms with Gasteiger partial charge in [0.1, 0.15) is 0 Å². The van der Waals surface area contributed by atoms with Gasteiger partial charge in [0.2, 0.25) is 0 Å². The number of hydrogen-bond acceptors (Lipinski definition) is 2. The molecule has 0 saturated carbocycles. The molecule has 23 heavy (non-hydrogen) atoms. The van der Waals surface area contributed by atoms with Gasteiger partial charge in [0.05, 0.1) is 0 Å². The second-order valence-electron chi connectivity index (χ2n) is 5.19. The summed E-state index contributed by atoms with van der Waals surface area (Å²) in [5.41, 5.74) is 2.19. The van der Waals surface area contributed by atoms with Gasteiger partial charge < -0.3 is 5.32 Å². The quantitative estimate of drug-likeness (QED) is 0.741. The molecule has 3 aromatic rings. The highest BCUT2D eigenvalue weighted by atomic mass is 16.2. The van der Waals surface area contributed by atoms with E-state index in [0.717, 1.165) is 5.56 Å². The Labute approximate surface area is 134 Å². The second-order valence-corrected chi connectivity index (χ2v) is 5.19. The number of nitrogens with zero attached hydrogens (tertiary/aromatic N) is 1. The van der Waals surface area contributed by atoms with Crippen molar-refractivity contribution < 1.29 is 9.59 Å². The summed E-state index contributed by atoms with van der Waals surface area (Å²) in [6.45, 7) is 0. The fraction of sp³-hybridized carbons (Fsp3) is 0.0526. The second kappa shape index (κ2) is 6.75. The number of benzene rings is 2. The van der Waals surface area contributed by atoms with Crippen molar-refractivity contribution in [2.45, 2.75) is 6.42 Å². The van der Waals surface area contributed by atoms with Gasteiger partial charge in [-0.15, -0.1) is 0 Å². The molecule has 0 aliphatic rings. The first kappa shape index (κ1) is 14.8. The Morgan fingerprint density at radius 3 is 2.22 bits per heavy atom. The molecule has 3 rings (SSSR count). The van der Waals surface area contributed by atoms with Crippen molar-refractivity contribution in [3.05, 3.63) is 90.3 Å². The summed E-state index contributed by atoms with van der Waals surface area (Å²) in [7, 11) is 0. The number of amides is 1. The summed E-state index contributed by atoms with van der Waals surface area (Å²) in [5.74, 6) is -0.0116. The average Bonchev–Trinajstić information content (AvgIpc) is 3.07. The molecule has 0 atom stereocenters. The molecule has 1 N–H and O–H groups in total. The molecule has 1 heterocycles. The number of carbonyl (C=O) groups is 2. The van der Waals surface area contributed by atoms with Crippen molar-refractivity contribution in [1.29, 1.82) is 0 Å². The summed E-state index contributed by atoms with van der Waals surface area (Å²) >= 11 is 0. The maximum absolute atomic E-state index is 12.3. The van der Waals surface area contributed by atoms with Gasteiger partial charge in [-0.05, 0) is 23.8 Å². The number of nitrogens with one attached hydrogen (secondary N) is 1. The summed E-state index contributed by atoms with van der Waals surface area (Å²) in [6, 6.07) is 20.1. The molecule has 2 aromatic carbocycles. The molecule has 0 radical (unpaired) electrons. The molecule has 0 unspecified atom stereocenters. The topological polar surface area (TPSA) is 51.1 Å². The van der Waals surface area contributed by atoms with Crippen molar-refractivity contribution in [2.24, 2.45) is 0 Å². The van der Waals surface area contributed by atoms with Gasteiger partial charge in [-0.25, -0.2) is 4.79 Å². The smallest absolute Gasteiger partial charge is 0.307 e. The van der Waals surface area contributed by atoms with Crippen LogP contribution < -0.4 is 5.32 Å². The molecular formula is C19H16N2O2. The highest BCUT2D eigenvalue weighted by molar-refractivity contribution is 5.99. The van der Waals surface area contributed by atoms with Gasteiger partial charge in [-0.2, -0.15) is 0 Å². The number of carbonyl (C=O) groups excluding carboxylic acids is 2. The van der Waals surface area contributed by atoms with E-state index in [2.05, 4.69) is 5.32 Å². The van der Waals surface area contributed by atoms with Crippen molar-refractivity contribution in [3.63, 3.8) is 0 Å². The number of hydrogen-bond donors (Lipinski definition) is 1. The molecule has 0 spiro atoms. The van der Waals surface area contributed by atoms with Crippen LogP contribution in [0.3, 0.4) is 0 Å². The molecule has 4 heteroatoms. The third-order valence-electron chi connectivity index (χ3n) is 3.48. The average molecular weight is 304 g/mol. The maximum atomic E-state index is 12.3. The number of rotatable bonds is 4. The maximum Gasteiger partial charge on any atom is 0.329 e. The zero-order chi connectivity index (χ0) is 16.1. The van der Waals surface area contributed by atoms with Crippen LogP contribution in [0.2, 0.25) is 0 Å². The predicted molar refractivity (Wildman–Crippen MR) is 89.8 cm³/mol. The Balaban J connectivity index is 1.68. The zero-order valence-electron chi connectivity index (χ0n) is 12.5. The first-order chi connectivity index (χ1) is 11.2. The van der Waals surface area contributed by atoms with E-state index in [1.54, 1.807) is 18.5 Å². The number of para-hydroxylation sites is 1. The van der Waals surface area contributed by atoms with E-state index in [1.807, 2.05) is 60.7 Å². The van der Waals surface area contributed by atoms with Gasteiger partial charge in [0.25, 0.3) is 0 Å². The largest absolute Gasteiger partial charge is 0.329 e. The monoisotopic (exact) mass is 304 g/mol. The fourth-order valence-corrected chi connectivity index (χ4v) is 2.28. The molecule has 0 fully saturated rings. The van der Waals surface area contributed by atoms with Crippen LogP contribution in [-0.4, -0.2) is 16.4 Å². The number of anilines is 1. The lowest BCUT2D eigenvalue weighted by Gasteiger charge is -2.05. The lowest BCUT2D eigenvalue weighted by Crippen LogP contribution is -2.17. The van der Waals surface area contributed by atoms with Crippen molar-refractivity contribution in [1.82, 2.24) is 4.57 Å². The van der Waals surface area contributed by atoms with Gasteiger partial charge in [-0.1, -0.05) is 48.5 Å². The SMILES string of the molecule is O=C(Cc1ccccc1)c1ccn(C(=O)Nc2ccccc2)c1. The molecule has 114 valence electrons. The Bertz CT molecular complexity index is 740. The van der Waals surface area contributed by atoms with Crippen molar-refractivity contribution in [3.8, 4) is 0 Å². The first-order valence-electron chi connectivity index (χ1n) is 7.34. The number of ketones is 1. The Hall–Kier alpha value is -3.14. The van der Waals surface area contributed by atoms with Gasteiger partial charge in [0.15, 0.2) is 5.78 Å².